The van der Waals surface area contributed by atoms with Crippen molar-refractivity contribution in [2.24, 2.45) is 5.10 Å². The fourth-order valence-electron chi connectivity index (χ4n) is 3.99. The highest BCUT2D eigenvalue weighted by Crippen LogP contribution is 2.39. The van der Waals surface area contributed by atoms with Gasteiger partial charge in [0, 0.05) is 23.4 Å². The Balaban J connectivity index is 1.83. The number of carbonyl (C=O) groups excluding carboxylic acids is 1. The number of halogens is 1. The van der Waals surface area contributed by atoms with Crippen molar-refractivity contribution in [3.63, 3.8) is 0 Å². The van der Waals surface area contributed by atoms with Crippen LogP contribution in [0, 0.1) is 10.5 Å². The highest BCUT2D eigenvalue weighted by molar-refractivity contribution is 14.1. The second-order valence-electron chi connectivity index (χ2n) is 8.00. The quantitative estimate of drug-likeness (QED) is 0.329. The minimum Gasteiger partial charge on any atom is -0.496 e. The van der Waals surface area contributed by atoms with Gasteiger partial charge in [-0.15, -0.1) is 0 Å². The van der Waals surface area contributed by atoms with Crippen LogP contribution in [0.4, 0.5) is 5.69 Å². The van der Waals surface area contributed by atoms with Crippen molar-refractivity contribution in [3.8, 4) is 5.75 Å². The van der Waals surface area contributed by atoms with Gasteiger partial charge in [0.05, 0.1) is 22.4 Å². The zero-order valence-corrected chi connectivity index (χ0v) is 20.5. The largest absolute Gasteiger partial charge is 0.496 e. The van der Waals surface area contributed by atoms with Crippen LogP contribution < -0.4 is 15.1 Å². The average molecular weight is 517 g/mol. The molecule has 2 aromatic carbocycles. The number of amides is 1. The van der Waals surface area contributed by atoms with Gasteiger partial charge in [0.25, 0.3) is 5.91 Å². The van der Waals surface area contributed by atoms with Gasteiger partial charge in [-0.2, -0.15) is 5.10 Å². The number of hydrazone groups is 1. The maximum Gasteiger partial charge on any atom is 0.271 e. The lowest BCUT2D eigenvalue weighted by molar-refractivity contribution is 0.0954. The molecule has 0 radical (unpaired) electrons. The molecule has 1 aliphatic rings. The number of carbonyl (C=O) groups is 1. The van der Waals surface area contributed by atoms with Gasteiger partial charge in [0.1, 0.15) is 5.75 Å². The van der Waals surface area contributed by atoms with Crippen molar-refractivity contribution in [2.75, 3.05) is 18.6 Å². The van der Waals surface area contributed by atoms with E-state index in [-0.39, 0.29) is 11.4 Å². The molecule has 30 heavy (non-hydrogen) atoms. The Morgan fingerprint density at radius 1 is 1.27 bits per heavy atom. The zero-order chi connectivity index (χ0) is 22.1. The third-order valence-corrected chi connectivity index (χ3v) is 6.36. The second-order valence-corrected chi connectivity index (χ2v) is 9.16. The topological polar surface area (TPSA) is 53.9 Å². The summed E-state index contributed by atoms with van der Waals surface area (Å²) in [5.41, 5.74) is 8.91. The number of nitrogens with one attached hydrogen (secondary N) is 1. The molecule has 0 saturated carbocycles. The number of nitrogens with zero attached hydrogens (tertiary/aromatic N) is 2. The van der Waals surface area contributed by atoms with Gasteiger partial charge in [-0.25, -0.2) is 5.43 Å². The zero-order valence-electron chi connectivity index (χ0n) is 18.3. The fourth-order valence-corrected chi connectivity index (χ4v) is 4.54. The first-order chi connectivity index (χ1) is 14.2. The van der Waals surface area contributed by atoms with Crippen LogP contribution in [0.15, 0.2) is 41.5 Å². The highest BCUT2D eigenvalue weighted by atomic mass is 127. The lowest BCUT2D eigenvalue weighted by Gasteiger charge is -2.43. The molecular weight excluding hydrogens is 489 g/mol. The van der Waals surface area contributed by atoms with Crippen molar-refractivity contribution in [1.82, 2.24) is 5.43 Å². The SMILES string of the molecule is CCN1c2cc(C)c(/C=N\NC(=O)c3ccc(I)c(OC)c3)cc2C(C)=CC1(C)C. The number of likely N-dealkylation sites (N-methyl/N-ethyl adjacent to an activating group) is 1. The van der Waals surface area contributed by atoms with E-state index in [0.717, 1.165) is 21.2 Å². The van der Waals surface area contributed by atoms with E-state index >= 15 is 0 Å². The monoisotopic (exact) mass is 517 g/mol. The summed E-state index contributed by atoms with van der Waals surface area (Å²) >= 11 is 2.17. The first kappa shape index (κ1) is 22.3. The second kappa shape index (κ2) is 8.79. The number of allylic oxidation sites excluding steroid dienone is 1. The summed E-state index contributed by atoms with van der Waals surface area (Å²) < 4.78 is 6.24. The van der Waals surface area contributed by atoms with E-state index in [2.05, 4.69) is 90.8 Å². The molecule has 1 heterocycles. The molecule has 1 amide bonds. The molecule has 3 rings (SSSR count). The van der Waals surface area contributed by atoms with Gasteiger partial charge < -0.3 is 9.64 Å². The molecule has 0 saturated heterocycles. The van der Waals surface area contributed by atoms with Crippen molar-refractivity contribution >= 4 is 46.0 Å². The molecule has 0 fully saturated rings. The summed E-state index contributed by atoms with van der Waals surface area (Å²) in [5.74, 6) is 0.398. The van der Waals surface area contributed by atoms with Crippen LogP contribution in [0.3, 0.4) is 0 Å². The van der Waals surface area contributed by atoms with E-state index in [1.165, 1.54) is 16.8 Å². The number of anilines is 1. The normalized spacial score (nSPS) is 15.0. The average Bonchev–Trinajstić information content (AvgIpc) is 2.68. The summed E-state index contributed by atoms with van der Waals surface area (Å²) in [6, 6.07) is 9.69. The molecule has 158 valence electrons. The number of aryl methyl sites for hydroxylation is 1. The van der Waals surface area contributed by atoms with Crippen LogP contribution in [0.25, 0.3) is 5.57 Å². The number of hydrogen-bond acceptors (Lipinski definition) is 4. The van der Waals surface area contributed by atoms with Crippen LogP contribution in [0.2, 0.25) is 0 Å². The van der Waals surface area contributed by atoms with E-state index in [0.29, 0.717) is 11.3 Å². The van der Waals surface area contributed by atoms with Crippen molar-refractivity contribution in [1.29, 1.82) is 0 Å². The predicted octanol–water partition coefficient (Wildman–Crippen LogP) is 5.39. The molecule has 0 aliphatic carbocycles. The molecule has 0 unspecified atom stereocenters. The Kier molecular flexibility index (Phi) is 6.55. The first-order valence-electron chi connectivity index (χ1n) is 9.97. The Morgan fingerprint density at radius 2 is 2.00 bits per heavy atom. The Hall–Kier alpha value is -2.35. The van der Waals surface area contributed by atoms with E-state index < -0.39 is 0 Å². The molecule has 5 nitrogen and oxygen atoms in total. The minimum absolute atomic E-state index is 0.0174. The van der Waals surface area contributed by atoms with Crippen LogP contribution in [-0.2, 0) is 0 Å². The number of ether oxygens (including phenoxy) is 1. The lowest BCUT2D eigenvalue weighted by Crippen LogP contribution is -2.45. The number of hydrogen-bond donors (Lipinski definition) is 1. The summed E-state index contributed by atoms with van der Waals surface area (Å²) in [6.45, 7) is 11.8. The third kappa shape index (κ3) is 4.38. The maximum atomic E-state index is 12.4. The Bertz CT molecular complexity index is 1040. The minimum atomic E-state index is -0.272. The first-order valence-corrected chi connectivity index (χ1v) is 11.0. The fraction of sp³-hybridized carbons (Fsp3) is 0.333. The van der Waals surface area contributed by atoms with E-state index in [4.69, 9.17) is 4.74 Å². The maximum absolute atomic E-state index is 12.4. The van der Waals surface area contributed by atoms with Crippen molar-refractivity contribution in [2.45, 2.75) is 40.2 Å². The van der Waals surface area contributed by atoms with Gasteiger partial charge in [0.15, 0.2) is 0 Å². The van der Waals surface area contributed by atoms with Crippen LogP contribution in [0.5, 0.6) is 5.75 Å². The number of fused-ring (bicyclic) bond motifs is 1. The molecule has 0 bridgehead atoms. The van der Waals surface area contributed by atoms with Gasteiger partial charge in [-0.1, -0.05) is 6.08 Å². The summed E-state index contributed by atoms with van der Waals surface area (Å²) in [6.07, 6.45) is 4.02. The molecule has 6 heteroatoms. The Morgan fingerprint density at radius 3 is 2.67 bits per heavy atom. The number of rotatable bonds is 5. The van der Waals surface area contributed by atoms with Gasteiger partial charge >= 0.3 is 0 Å². The van der Waals surface area contributed by atoms with Gasteiger partial charge in [-0.3, -0.25) is 4.79 Å². The lowest BCUT2D eigenvalue weighted by atomic mass is 9.87. The third-order valence-electron chi connectivity index (χ3n) is 5.46. The standard InChI is InChI=1S/C24H28IN3O2/c1-7-28-21-10-15(2)18(11-19(21)16(3)13-24(28,4)5)14-26-27-23(29)17-8-9-20(25)22(12-17)30-6/h8-14H,7H2,1-6H3,(H,27,29)/b26-14-. The summed E-state index contributed by atoms with van der Waals surface area (Å²) in [5, 5.41) is 4.20. The van der Waals surface area contributed by atoms with Crippen LogP contribution >= 0.6 is 22.6 Å². The number of benzene rings is 2. The molecule has 0 spiro atoms. The predicted molar refractivity (Wildman–Crippen MR) is 133 cm³/mol. The molecule has 2 aromatic rings. The van der Waals surface area contributed by atoms with Crippen LogP contribution in [-0.4, -0.2) is 31.3 Å². The van der Waals surface area contributed by atoms with Crippen LogP contribution in [0.1, 0.15) is 54.7 Å². The molecule has 0 aromatic heterocycles. The molecule has 0 atom stereocenters. The van der Waals surface area contributed by atoms with E-state index in [1.54, 1.807) is 25.5 Å². The van der Waals surface area contributed by atoms with E-state index in [9.17, 15) is 4.79 Å². The van der Waals surface area contributed by atoms with Gasteiger partial charge in [-0.05, 0) is 104 Å². The molecular formula is C24H28IN3O2. The Labute approximate surface area is 192 Å². The number of methoxy groups -OCH3 is 1. The van der Waals surface area contributed by atoms with Crippen molar-refractivity contribution in [3.05, 3.63) is 62.2 Å². The smallest absolute Gasteiger partial charge is 0.271 e. The molecule has 1 N–H and O–H groups in total. The van der Waals surface area contributed by atoms with Crippen molar-refractivity contribution < 1.29 is 9.53 Å². The summed E-state index contributed by atoms with van der Waals surface area (Å²) in [4.78, 5) is 14.9. The molecule has 1 aliphatic heterocycles. The van der Waals surface area contributed by atoms with E-state index in [1.807, 2.05) is 6.07 Å². The van der Waals surface area contributed by atoms with Gasteiger partial charge in [0.2, 0.25) is 0 Å². The summed E-state index contributed by atoms with van der Waals surface area (Å²) in [7, 11) is 1.59. The highest BCUT2D eigenvalue weighted by Gasteiger charge is 2.30.